The van der Waals surface area contributed by atoms with Crippen LogP contribution in [-0.2, 0) is 14.3 Å². The topological polar surface area (TPSA) is 85.4 Å². The van der Waals surface area contributed by atoms with Crippen molar-refractivity contribution in [2.45, 2.75) is 55.5 Å². The average Bonchev–Trinajstić information content (AvgIpc) is 3.62. The number of piperidine rings is 1. The van der Waals surface area contributed by atoms with Crippen LogP contribution in [0.2, 0.25) is 0 Å². The molecule has 1 aliphatic carbocycles. The zero-order valence-corrected chi connectivity index (χ0v) is 21.4. The fourth-order valence-corrected chi connectivity index (χ4v) is 5.67. The second-order valence-corrected chi connectivity index (χ2v) is 10.3. The van der Waals surface area contributed by atoms with Crippen molar-refractivity contribution in [3.8, 4) is 5.75 Å². The third-order valence-electron chi connectivity index (χ3n) is 7.82. The Bertz CT molecular complexity index is 1210. The van der Waals surface area contributed by atoms with Crippen LogP contribution < -0.4 is 4.74 Å². The number of halogens is 3. The van der Waals surface area contributed by atoms with E-state index in [1.165, 1.54) is 36.3 Å². The molecular formula is C28H29F3N2O6. The molecule has 11 heteroatoms. The Morgan fingerprint density at radius 1 is 1.03 bits per heavy atom. The van der Waals surface area contributed by atoms with Crippen LogP contribution in [0.15, 0.2) is 54.6 Å². The zero-order valence-electron chi connectivity index (χ0n) is 21.4. The molecule has 2 saturated heterocycles. The van der Waals surface area contributed by atoms with Crippen LogP contribution in [0.25, 0.3) is 0 Å². The summed E-state index contributed by atoms with van der Waals surface area (Å²) in [4.78, 5) is 39.3. The van der Waals surface area contributed by atoms with Crippen LogP contribution >= 0.6 is 0 Å². The van der Waals surface area contributed by atoms with Crippen LogP contribution in [-0.4, -0.2) is 78.4 Å². The first-order valence-corrected chi connectivity index (χ1v) is 12.8. The van der Waals surface area contributed by atoms with Crippen molar-refractivity contribution in [1.29, 1.82) is 0 Å². The molecule has 2 aromatic carbocycles. The van der Waals surface area contributed by atoms with Crippen LogP contribution in [0.3, 0.4) is 0 Å². The van der Waals surface area contributed by atoms with Gasteiger partial charge in [-0.1, -0.05) is 30.3 Å². The molecule has 3 atom stereocenters. The lowest BCUT2D eigenvalue weighted by atomic mass is 9.87. The van der Waals surface area contributed by atoms with Gasteiger partial charge in [0.25, 0.3) is 0 Å². The van der Waals surface area contributed by atoms with E-state index in [9.17, 15) is 27.6 Å². The van der Waals surface area contributed by atoms with E-state index in [1.807, 2.05) is 30.3 Å². The molecule has 8 nitrogen and oxygen atoms in total. The minimum atomic E-state index is -4.97. The predicted molar refractivity (Wildman–Crippen MR) is 132 cm³/mol. The number of esters is 1. The van der Waals surface area contributed by atoms with E-state index in [-0.39, 0.29) is 24.7 Å². The summed E-state index contributed by atoms with van der Waals surface area (Å²) in [6.07, 6.45) is -3.94. The third-order valence-corrected chi connectivity index (χ3v) is 7.82. The molecule has 39 heavy (non-hydrogen) atoms. The number of methoxy groups -OCH3 is 1. The van der Waals surface area contributed by atoms with Gasteiger partial charge in [0.2, 0.25) is 0 Å². The van der Waals surface area contributed by atoms with Crippen molar-refractivity contribution in [3.63, 3.8) is 0 Å². The summed E-state index contributed by atoms with van der Waals surface area (Å²) in [7, 11) is 1.27. The van der Waals surface area contributed by atoms with E-state index < -0.39 is 41.8 Å². The number of hydrogen-bond donors (Lipinski definition) is 0. The smallest absolute Gasteiger partial charge is 0.465 e. The Morgan fingerprint density at radius 3 is 2.31 bits per heavy atom. The highest BCUT2D eigenvalue weighted by atomic mass is 19.4. The van der Waals surface area contributed by atoms with Gasteiger partial charge in [-0.25, -0.2) is 9.59 Å². The fraction of sp³-hybridized carbons (Fsp3) is 0.464. The van der Waals surface area contributed by atoms with Crippen molar-refractivity contribution < 1.29 is 41.8 Å². The van der Waals surface area contributed by atoms with E-state index in [0.29, 0.717) is 37.9 Å². The number of carbonyl (C=O) groups excluding carboxylic acids is 3. The second-order valence-electron chi connectivity index (χ2n) is 10.3. The standard InChI is InChI=1S/C28H29F3N2O6/c1-37-24(34)19-7-9-21(10-8-19)39-26(36)32-13-11-27(12-14-32)16-20(17-38-27)33(25(35)28(29,30)31)23-15-22(23)18-5-3-2-4-6-18/h2-10,20,22-23H,11-17H2,1H3/t20?,22-,23+/m0/s1. The van der Waals surface area contributed by atoms with Gasteiger partial charge in [-0.15, -0.1) is 0 Å². The van der Waals surface area contributed by atoms with Crippen LogP contribution in [0.5, 0.6) is 5.75 Å². The van der Waals surface area contributed by atoms with E-state index in [2.05, 4.69) is 4.74 Å². The molecule has 5 rings (SSSR count). The minimum absolute atomic E-state index is 0.0246. The van der Waals surface area contributed by atoms with E-state index in [4.69, 9.17) is 9.47 Å². The number of ether oxygens (including phenoxy) is 3. The Morgan fingerprint density at radius 2 is 1.69 bits per heavy atom. The van der Waals surface area contributed by atoms with Crippen LogP contribution in [0.4, 0.5) is 18.0 Å². The number of benzene rings is 2. The predicted octanol–water partition coefficient (Wildman–Crippen LogP) is 4.54. The maximum absolute atomic E-state index is 13.6. The van der Waals surface area contributed by atoms with Crippen molar-refractivity contribution >= 4 is 18.0 Å². The quantitative estimate of drug-likeness (QED) is 0.512. The number of likely N-dealkylation sites (tertiary alicyclic amines) is 1. The molecule has 208 valence electrons. The molecule has 0 bridgehead atoms. The third kappa shape index (κ3) is 5.73. The summed E-state index contributed by atoms with van der Waals surface area (Å²) in [5.74, 6) is -2.19. The van der Waals surface area contributed by atoms with Crippen molar-refractivity contribution in [2.75, 3.05) is 26.8 Å². The molecule has 3 fully saturated rings. The Balaban J connectivity index is 1.20. The molecule has 2 aromatic rings. The molecule has 0 radical (unpaired) electrons. The summed E-state index contributed by atoms with van der Waals surface area (Å²) < 4.78 is 56.9. The van der Waals surface area contributed by atoms with Gasteiger partial charge < -0.3 is 24.0 Å². The number of carbonyl (C=O) groups is 3. The number of hydrogen-bond acceptors (Lipinski definition) is 6. The number of amides is 2. The van der Waals surface area contributed by atoms with Gasteiger partial charge in [-0.05, 0) is 55.5 Å². The lowest BCUT2D eigenvalue weighted by Gasteiger charge is -2.38. The molecule has 0 aromatic heterocycles. The largest absolute Gasteiger partial charge is 0.471 e. The van der Waals surface area contributed by atoms with Gasteiger partial charge in [0.1, 0.15) is 5.75 Å². The molecule has 1 unspecified atom stereocenters. The van der Waals surface area contributed by atoms with Crippen LogP contribution in [0, 0.1) is 0 Å². The maximum atomic E-state index is 13.6. The minimum Gasteiger partial charge on any atom is -0.465 e. The molecule has 3 aliphatic rings. The van der Waals surface area contributed by atoms with Crippen molar-refractivity contribution in [2.24, 2.45) is 0 Å². The van der Waals surface area contributed by atoms with Gasteiger partial charge >= 0.3 is 24.1 Å². The first-order chi connectivity index (χ1) is 18.6. The summed E-state index contributed by atoms with van der Waals surface area (Å²) >= 11 is 0. The van der Waals surface area contributed by atoms with Gasteiger partial charge in [0.15, 0.2) is 0 Å². The van der Waals surface area contributed by atoms with Gasteiger partial charge in [-0.3, -0.25) is 4.79 Å². The van der Waals surface area contributed by atoms with Gasteiger partial charge in [0.05, 0.1) is 30.9 Å². The average molecular weight is 547 g/mol. The molecule has 2 amide bonds. The molecule has 2 heterocycles. The van der Waals surface area contributed by atoms with E-state index in [1.54, 1.807) is 0 Å². The van der Waals surface area contributed by atoms with Gasteiger partial charge in [-0.2, -0.15) is 13.2 Å². The number of rotatable bonds is 5. The molecular weight excluding hydrogens is 517 g/mol. The monoisotopic (exact) mass is 546 g/mol. The Hall–Kier alpha value is -3.60. The van der Waals surface area contributed by atoms with E-state index >= 15 is 0 Å². The van der Waals surface area contributed by atoms with E-state index in [0.717, 1.165) is 10.5 Å². The first kappa shape index (κ1) is 27.0. The summed E-state index contributed by atoms with van der Waals surface area (Å²) in [6.45, 7) is 0.626. The molecule has 2 aliphatic heterocycles. The highest BCUT2D eigenvalue weighted by Crippen LogP contribution is 2.49. The Kier molecular flexibility index (Phi) is 7.28. The normalized spacial score (nSPS) is 23.8. The fourth-order valence-electron chi connectivity index (χ4n) is 5.67. The molecule has 1 saturated carbocycles. The second kappa shape index (κ2) is 10.5. The Labute approximate surface area is 223 Å². The van der Waals surface area contributed by atoms with Crippen molar-refractivity contribution in [1.82, 2.24) is 9.80 Å². The number of nitrogens with zero attached hydrogens (tertiary/aromatic N) is 2. The SMILES string of the molecule is COC(=O)c1ccc(OC(=O)N2CCC3(CC2)CC(N(C(=O)C(F)(F)F)[C@@H]2C[C@H]2c2ccccc2)CO3)cc1. The van der Waals surface area contributed by atoms with Crippen LogP contribution in [0.1, 0.15) is 47.5 Å². The lowest BCUT2D eigenvalue weighted by molar-refractivity contribution is -0.188. The maximum Gasteiger partial charge on any atom is 0.471 e. The highest BCUT2D eigenvalue weighted by Gasteiger charge is 2.57. The highest BCUT2D eigenvalue weighted by molar-refractivity contribution is 5.89. The van der Waals surface area contributed by atoms with Gasteiger partial charge in [0, 0.05) is 25.0 Å². The summed E-state index contributed by atoms with van der Waals surface area (Å²) in [5.41, 5.74) is 0.539. The summed E-state index contributed by atoms with van der Waals surface area (Å²) in [5, 5.41) is 0. The number of alkyl halides is 3. The van der Waals surface area contributed by atoms with Crippen molar-refractivity contribution in [3.05, 3.63) is 65.7 Å². The first-order valence-electron chi connectivity index (χ1n) is 12.8. The summed E-state index contributed by atoms with van der Waals surface area (Å²) in [6, 6.07) is 14.0. The zero-order chi connectivity index (χ0) is 27.8. The molecule has 1 spiro atoms. The lowest BCUT2D eigenvalue weighted by Crippen LogP contribution is -2.51. The molecule has 0 N–H and O–H groups in total.